The molecule has 0 aliphatic rings. The topological polar surface area (TPSA) is 118 Å². The number of rotatable bonds is 12. The molecule has 1 aromatic carbocycles. The molecule has 0 saturated carbocycles. The van der Waals surface area contributed by atoms with Crippen LogP contribution in [0.5, 0.6) is 0 Å². The van der Waals surface area contributed by atoms with Crippen LogP contribution in [0.3, 0.4) is 0 Å². The smallest absolute Gasteiger partial charge is 0.429 e. The molecule has 1 aromatic rings. The van der Waals surface area contributed by atoms with Crippen LogP contribution in [0.1, 0.15) is 62.7 Å². The summed E-state index contributed by atoms with van der Waals surface area (Å²) in [6.07, 6.45) is 1.67. The van der Waals surface area contributed by atoms with Gasteiger partial charge in [-0.3, -0.25) is 0 Å². The van der Waals surface area contributed by atoms with Crippen molar-refractivity contribution < 1.29 is 28.6 Å². The molecular formula is C22H30ClN3O6. The summed E-state index contributed by atoms with van der Waals surface area (Å²) in [7, 11) is 0. The Morgan fingerprint density at radius 1 is 1.03 bits per heavy atom. The van der Waals surface area contributed by atoms with Crippen LogP contribution in [0.4, 0.5) is 9.59 Å². The number of ether oxygens (including phenoxy) is 3. The number of nitriles is 1. The maximum atomic E-state index is 12.5. The lowest BCUT2D eigenvalue weighted by molar-refractivity contribution is 0.0411. The molecule has 10 heteroatoms. The van der Waals surface area contributed by atoms with Crippen LogP contribution < -0.4 is 5.43 Å². The van der Waals surface area contributed by atoms with E-state index in [9.17, 15) is 14.4 Å². The Hall–Kier alpha value is -2.99. The molecule has 0 unspecified atom stereocenters. The predicted octanol–water partition coefficient (Wildman–Crippen LogP) is 4.85. The fourth-order valence-corrected chi connectivity index (χ4v) is 3.01. The highest BCUT2D eigenvalue weighted by Gasteiger charge is 2.27. The zero-order chi connectivity index (χ0) is 23.8. The van der Waals surface area contributed by atoms with Gasteiger partial charge in [-0.25, -0.2) is 24.8 Å². The lowest BCUT2D eigenvalue weighted by Gasteiger charge is -2.30. The van der Waals surface area contributed by atoms with Gasteiger partial charge in [0.05, 0.1) is 37.5 Å². The molecule has 1 atom stereocenters. The predicted molar refractivity (Wildman–Crippen MR) is 118 cm³/mol. The van der Waals surface area contributed by atoms with E-state index >= 15 is 0 Å². The Balaban J connectivity index is 2.74. The molecule has 0 radical (unpaired) electrons. The van der Waals surface area contributed by atoms with Gasteiger partial charge >= 0.3 is 18.2 Å². The minimum atomic E-state index is -0.767. The lowest BCUT2D eigenvalue weighted by atomic mass is 10.0. The van der Waals surface area contributed by atoms with Gasteiger partial charge in [0.1, 0.15) is 0 Å². The van der Waals surface area contributed by atoms with Gasteiger partial charge in [0.15, 0.2) is 0 Å². The number of hydrazine groups is 1. The summed E-state index contributed by atoms with van der Waals surface area (Å²) in [5, 5.41) is 10.4. The third-order valence-corrected chi connectivity index (χ3v) is 4.64. The standard InChI is InChI=1S/C22H30ClN3O6/c1-3-30-21(28)25-26(22(29)31-4-2)19(9-6-5-7-15-24)10-8-16-32-20(27)17-11-13-18(23)14-12-17/h11-14,19H,3-10,16H2,1-2H3,(H,25,28)/t19-/m1/s1. The van der Waals surface area contributed by atoms with E-state index in [1.54, 1.807) is 38.1 Å². The van der Waals surface area contributed by atoms with E-state index in [0.29, 0.717) is 49.1 Å². The van der Waals surface area contributed by atoms with E-state index in [1.165, 1.54) is 0 Å². The second kappa shape index (κ2) is 15.8. The van der Waals surface area contributed by atoms with Crippen LogP contribution in [-0.2, 0) is 14.2 Å². The summed E-state index contributed by atoms with van der Waals surface area (Å²) in [4.78, 5) is 36.5. The maximum Gasteiger partial charge on any atom is 0.429 e. The Kier molecular flexibility index (Phi) is 13.3. The van der Waals surface area contributed by atoms with Crippen molar-refractivity contribution in [1.82, 2.24) is 10.4 Å². The van der Waals surface area contributed by atoms with E-state index in [0.717, 1.165) is 5.01 Å². The second-order valence-electron chi connectivity index (χ2n) is 6.74. The highest BCUT2D eigenvalue weighted by atomic mass is 35.5. The first-order valence-corrected chi connectivity index (χ1v) is 11.0. The molecular weight excluding hydrogens is 438 g/mol. The second-order valence-corrected chi connectivity index (χ2v) is 7.18. The average molecular weight is 468 g/mol. The van der Waals surface area contributed by atoms with Crippen molar-refractivity contribution in [2.24, 2.45) is 0 Å². The quantitative estimate of drug-likeness (QED) is 0.202. The number of hydrogen-bond acceptors (Lipinski definition) is 7. The van der Waals surface area contributed by atoms with E-state index in [1.807, 2.05) is 0 Å². The zero-order valence-electron chi connectivity index (χ0n) is 18.5. The molecule has 32 heavy (non-hydrogen) atoms. The van der Waals surface area contributed by atoms with Gasteiger partial charge in [0, 0.05) is 11.4 Å². The molecule has 0 bridgehead atoms. The number of hydrogen-bond donors (Lipinski definition) is 1. The molecule has 0 spiro atoms. The summed E-state index contributed by atoms with van der Waals surface area (Å²) < 4.78 is 15.3. The highest BCUT2D eigenvalue weighted by molar-refractivity contribution is 6.30. The van der Waals surface area contributed by atoms with Crippen molar-refractivity contribution >= 4 is 29.8 Å². The number of esters is 1. The van der Waals surface area contributed by atoms with Crippen LogP contribution in [0.2, 0.25) is 5.02 Å². The molecule has 0 aromatic heterocycles. The Labute approximate surface area is 193 Å². The van der Waals surface area contributed by atoms with Gasteiger partial charge in [-0.2, -0.15) is 5.26 Å². The average Bonchev–Trinajstić information content (AvgIpc) is 2.77. The van der Waals surface area contributed by atoms with Crippen LogP contribution in [0.15, 0.2) is 24.3 Å². The van der Waals surface area contributed by atoms with E-state index in [4.69, 9.17) is 31.1 Å². The van der Waals surface area contributed by atoms with Gasteiger partial charge in [-0.1, -0.05) is 18.0 Å². The first-order valence-electron chi connectivity index (χ1n) is 10.6. The van der Waals surface area contributed by atoms with Crippen molar-refractivity contribution in [3.8, 4) is 6.07 Å². The molecule has 176 valence electrons. The summed E-state index contributed by atoms with van der Waals surface area (Å²) in [5.74, 6) is -0.473. The molecule has 0 heterocycles. The maximum absolute atomic E-state index is 12.5. The van der Waals surface area contributed by atoms with Crippen LogP contribution >= 0.6 is 11.6 Å². The first kappa shape index (κ1) is 27.0. The number of nitrogens with zero attached hydrogens (tertiary/aromatic N) is 2. The van der Waals surface area contributed by atoms with E-state index in [2.05, 4.69) is 11.5 Å². The molecule has 1 N–H and O–H groups in total. The van der Waals surface area contributed by atoms with E-state index < -0.39 is 24.2 Å². The van der Waals surface area contributed by atoms with Crippen LogP contribution in [0, 0.1) is 11.3 Å². The molecule has 1 rings (SSSR count). The molecule has 0 saturated heterocycles. The molecule has 0 fully saturated rings. The van der Waals surface area contributed by atoms with Gasteiger partial charge in [-0.15, -0.1) is 0 Å². The summed E-state index contributed by atoms with van der Waals surface area (Å²) in [6.45, 7) is 3.74. The third-order valence-electron chi connectivity index (χ3n) is 4.39. The Morgan fingerprint density at radius 3 is 2.31 bits per heavy atom. The van der Waals surface area contributed by atoms with Crippen molar-refractivity contribution in [2.75, 3.05) is 19.8 Å². The number of halogens is 1. The van der Waals surface area contributed by atoms with Crippen molar-refractivity contribution in [3.05, 3.63) is 34.9 Å². The fourth-order valence-electron chi connectivity index (χ4n) is 2.88. The minimum absolute atomic E-state index is 0.131. The summed E-state index contributed by atoms with van der Waals surface area (Å²) >= 11 is 5.82. The third kappa shape index (κ3) is 10.4. The summed E-state index contributed by atoms with van der Waals surface area (Å²) in [5.41, 5.74) is 2.83. The van der Waals surface area contributed by atoms with Gasteiger partial charge in [-0.05, 0) is 63.8 Å². The number of carbonyl (C=O) groups is 3. The lowest BCUT2D eigenvalue weighted by Crippen LogP contribution is -2.52. The SMILES string of the molecule is CCOC(=O)NN(C(=O)OCC)[C@H](CCCCC#N)CCCOC(=O)c1ccc(Cl)cc1. The summed E-state index contributed by atoms with van der Waals surface area (Å²) in [6, 6.07) is 8.03. The zero-order valence-corrected chi connectivity index (χ0v) is 19.2. The fraction of sp³-hybridized carbons (Fsp3) is 0.545. The number of amides is 2. The molecule has 0 aliphatic carbocycles. The molecule has 9 nitrogen and oxygen atoms in total. The first-order chi connectivity index (χ1) is 15.4. The Morgan fingerprint density at radius 2 is 1.69 bits per heavy atom. The number of carbonyl (C=O) groups excluding carboxylic acids is 3. The van der Waals surface area contributed by atoms with Crippen molar-refractivity contribution in [2.45, 2.75) is 58.4 Å². The van der Waals surface area contributed by atoms with Gasteiger partial charge in [0.2, 0.25) is 0 Å². The highest BCUT2D eigenvalue weighted by Crippen LogP contribution is 2.16. The Bertz CT molecular complexity index is 766. The number of unbranched alkanes of at least 4 members (excludes halogenated alkanes) is 2. The minimum Gasteiger partial charge on any atom is -0.462 e. The van der Waals surface area contributed by atoms with Crippen LogP contribution in [-0.4, -0.2) is 49.0 Å². The monoisotopic (exact) mass is 467 g/mol. The van der Waals surface area contributed by atoms with Crippen molar-refractivity contribution in [1.29, 1.82) is 5.26 Å². The van der Waals surface area contributed by atoms with E-state index in [-0.39, 0.29) is 19.8 Å². The van der Waals surface area contributed by atoms with Crippen molar-refractivity contribution in [3.63, 3.8) is 0 Å². The number of benzene rings is 1. The number of nitrogens with one attached hydrogen (secondary N) is 1. The molecule has 2 amide bonds. The molecule has 0 aliphatic heterocycles. The van der Waals surface area contributed by atoms with Gasteiger partial charge in [0.25, 0.3) is 0 Å². The van der Waals surface area contributed by atoms with Crippen LogP contribution in [0.25, 0.3) is 0 Å². The van der Waals surface area contributed by atoms with Gasteiger partial charge < -0.3 is 14.2 Å². The largest absolute Gasteiger partial charge is 0.462 e. The normalized spacial score (nSPS) is 11.1.